The Morgan fingerprint density at radius 1 is 1.45 bits per heavy atom. The second-order valence-corrected chi connectivity index (χ2v) is 6.21. The highest BCUT2D eigenvalue weighted by Crippen LogP contribution is 2.43. The van der Waals surface area contributed by atoms with Crippen LogP contribution < -0.4 is 10.1 Å². The second-order valence-electron chi connectivity index (χ2n) is 6.21. The molecule has 0 aliphatic heterocycles. The molecule has 1 aliphatic carbocycles. The van der Waals surface area contributed by atoms with Crippen molar-refractivity contribution >= 4 is 0 Å². The van der Waals surface area contributed by atoms with Crippen molar-refractivity contribution in [3.8, 4) is 5.75 Å². The quantitative estimate of drug-likeness (QED) is 0.814. The largest absolute Gasteiger partial charge is 0.493 e. The topological polar surface area (TPSA) is 39.1 Å². The predicted molar refractivity (Wildman–Crippen MR) is 82.2 cm³/mol. The van der Waals surface area contributed by atoms with Crippen molar-refractivity contribution in [3.05, 3.63) is 11.9 Å². The summed E-state index contributed by atoms with van der Waals surface area (Å²) in [6.07, 6.45) is 6.94. The molecule has 4 heteroatoms. The van der Waals surface area contributed by atoms with Crippen LogP contribution in [0.25, 0.3) is 0 Å². The van der Waals surface area contributed by atoms with Gasteiger partial charge in [0.25, 0.3) is 0 Å². The van der Waals surface area contributed by atoms with E-state index >= 15 is 0 Å². The molecular weight excluding hydrogens is 250 g/mol. The lowest BCUT2D eigenvalue weighted by atomic mass is 9.73. The third kappa shape index (κ3) is 3.35. The zero-order chi connectivity index (χ0) is 14.5. The van der Waals surface area contributed by atoms with Crippen LogP contribution in [0.15, 0.2) is 6.20 Å². The molecule has 1 aliphatic rings. The summed E-state index contributed by atoms with van der Waals surface area (Å²) in [6, 6.07) is 0. The van der Waals surface area contributed by atoms with E-state index in [1.807, 2.05) is 17.9 Å². The van der Waals surface area contributed by atoms with Gasteiger partial charge in [0.1, 0.15) is 0 Å². The van der Waals surface area contributed by atoms with Crippen LogP contribution in [-0.2, 0) is 7.05 Å². The fraction of sp³-hybridized carbons (Fsp3) is 0.812. The van der Waals surface area contributed by atoms with Gasteiger partial charge in [-0.05, 0) is 44.2 Å². The number of hydrogen-bond donors (Lipinski definition) is 1. The van der Waals surface area contributed by atoms with Crippen molar-refractivity contribution < 1.29 is 4.74 Å². The Hall–Kier alpha value is -1.03. The van der Waals surface area contributed by atoms with Crippen LogP contribution in [0, 0.1) is 11.8 Å². The summed E-state index contributed by atoms with van der Waals surface area (Å²) in [7, 11) is 3.78. The summed E-state index contributed by atoms with van der Waals surface area (Å²) < 4.78 is 7.53. The van der Waals surface area contributed by atoms with E-state index in [2.05, 4.69) is 24.3 Å². The van der Waals surface area contributed by atoms with Crippen LogP contribution >= 0.6 is 0 Å². The summed E-state index contributed by atoms with van der Waals surface area (Å²) in [5.41, 5.74) is 1.28. The number of aryl methyl sites for hydroxylation is 1. The number of hydrogen-bond acceptors (Lipinski definition) is 3. The molecule has 0 bridgehead atoms. The van der Waals surface area contributed by atoms with Gasteiger partial charge in [0.15, 0.2) is 5.75 Å². The molecule has 1 saturated carbocycles. The van der Waals surface area contributed by atoms with Crippen molar-refractivity contribution in [2.24, 2.45) is 18.9 Å². The summed E-state index contributed by atoms with van der Waals surface area (Å²) in [5.74, 6) is 3.00. The smallest absolute Gasteiger partial charge is 0.160 e. The molecule has 0 saturated heterocycles. The Morgan fingerprint density at radius 2 is 2.25 bits per heavy atom. The minimum absolute atomic E-state index is 0.561. The van der Waals surface area contributed by atoms with Gasteiger partial charge >= 0.3 is 0 Å². The summed E-state index contributed by atoms with van der Waals surface area (Å²) >= 11 is 0. The van der Waals surface area contributed by atoms with Crippen LogP contribution in [0.4, 0.5) is 0 Å². The van der Waals surface area contributed by atoms with Gasteiger partial charge in [-0.25, -0.2) is 0 Å². The number of nitrogens with zero attached hydrogens (tertiary/aromatic N) is 2. The number of aromatic nitrogens is 2. The molecule has 3 atom stereocenters. The molecule has 1 aromatic rings. The molecule has 0 radical (unpaired) electrons. The minimum Gasteiger partial charge on any atom is -0.493 e. The maximum absolute atomic E-state index is 5.52. The molecule has 114 valence electrons. The van der Waals surface area contributed by atoms with Crippen LogP contribution in [-0.4, -0.2) is 30.0 Å². The van der Waals surface area contributed by atoms with Crippen LogP contribution in [0.1, 0.15) is 51.1 Å². The van der Waals surface area contributed by atoms with E-state index in [1.165, 1.54) is 31.4 Å². The Morgan fingerprint density at radius 3 is 2.95 bits per heavy atom. The SMILES string of the molecule is CCCNCC1CCC(C)CC1c1c(OC)cnn1C. The maximum atomic E-state index is 5.52. The lowest BCUT2D eigenvalue weighted by Gasteiger charge is -2.35. The zero-order valence-corrected chi connectivity index (χ0v) is 13.4. The molecule has 20 heavy (non-hydrogen) atoms. The Kier molecular flexibility index (Phi) is 5.46. The first-order chi connectivity index (χ1) is 9.67. The van der Waals surface area contributed by atoms with E-state index in [-0.39, 0.29) is 0 Å². The van der Waals surface area contributed by atoms with E-state index in [0.717, 1.165) is 24.8 Å². The van der Waals surface area contributed by atoms with Crippen molar-refractivity contribution in [3.63, 3.8) is 0 Å². The van der Waals surface area contributed by atoms with Crippen molar-refractivity contribution in [1.82, 2.24) is 15.1 Å². The molecule has 0 aromatic carbocycles. The highest BCUT2D eigenvalue weighted by molar-refractivity contribution is 5.29. The van der Waals surface area contributed by atoms with Crippen LogP contribution in [0.3, 0.4) is 0 Å². The normalized spacial score (nSPS) is 26.7. The van der Waals surface area contributed by atoms with Gasteiger partial charge in [0.05, 0.1) is 19.0 Å². The minimum atomic E-state index is 0.561. The van der Waals surface area contributed by atoms with E-state index in [1.54, 1.807) is 7.11 Å². The zero-order valence-electron chi connectivity index (χ0n) is 13.4. The number of methoxy groups -OCH3 is 1. The summed E-state index contributed by atoms with van der Waals surface area (Å²) in [6.45, 7) is 6.81. The van der Waals surface area contributed by atoms with Crippen LogP contribution in [0.5, 0.6) is 5.75 Å². The van der Waals surface area contributed by atoms with Crippen molar-refractivity contribution in [1.29, 1.82) is 0 Å². The molecule has 1 fully saturated rings. The van der Waals surface area contributed by atoms with E-state index in [9.17, 15) is 0 Å². The second kappa shape index (κ2) is 7.11. The molecule has 0 amide bonds. The Balaban J connectivity index is 2.16. The first kappa shape index (κ1) is 15.4. The third-order valence-electron chi connectivity index (χ3n) is 4.61. The maximum Gasteiger partial charge on any atom is 0.160 e. The van der Waals surface area contributed by atoms with Crippen molar-refractivity contribution in [2.75, 3.05) is 20.2 Å². The molecular formula is C16H29N3O. The van der Waals surface area contributed by atoms with Gasteiger partial charge in [-0.15, -0.1) is 0 Å². The number of rotatable bonds is 6. The predicted octanol–water partition coefficient (Wildman–Crippen LogP) is 2.95. The van der Waals surface area contributed by atoms with Gasteiger partial charge in [-0.2, -0.15) is 5.10 Å². The Labute approximate surface area is 122 Å². The van der Waals surface area contributed by atoms with E-state index < -0.39 is 0 Å². The van der Waals surface area contributed by atoms with Gasteiger partial charge in [0.2, 0.25) is 0 Å². The van der Waals surface area contributed by atoms with E-state index in [0.29, 0.717) is 11.8 Å². The monoisotopic (exact) mass is 279 g/mol. The first-order valence-electron chi connectivity index (χ1n) is 7.93. The third-order valence-corrected chi connectivity index (χ3v) is 4.61. The van der Waals surface area contributed by atoms with Gasteiger partial charge in [0, 0.05) is 13.0 Å². The molecule has 4 nitrogen and oxygen atoms in total. The lowest BCUT2D eigenvalue weighted by molar-refractivity contribution is 0.230. The number of ether oxygens (including phenoxy) is 1. The van der Waals surface area contributed by atoms with Gasteiger partial charge in [-0.1, -0.05) is 20.3 Å². The highest BCUT2D eigenvalue weighted by Gasteiger charge is 2.33. The molecule has 1 aromatic heterocycles. The summed E-state index contributed by atoms with van der Waals surface area (Å²) in [5, 5.41) is 7.99. The van der Waals surface area contributed by atoms with E-state index in [4.69, 9.17) is 4.74 Å². The first-order valence-corrected chi connectivity index (χ1v) is 7.93. The van der Waals surface area contributed by atoms with Crippen molar-refractivity contribution in [2.45, 2.75) is 45.4 Å². The van der Waals surface area contributed by atoms with Gasteiger partial charge in [-0.3, -0.25) is 4.68 Å². The molecule has 3 unspecified atom stereocenters. The molecule has 2 rings (SSSR count). The summed E-state index contributed by atoms with van der Waals surface area (Å²) in [4.78, 5) is 0. The average molecular weight is 279 g/mol. The molecule has 0 spiro atoms. The van der Waals surface area contributed by atoms with Gasteiger partial charge < -0.3 is 10.1 Å². The van der Waals surface area contributed by atoms with Crippen LogP contribution in [0.2, 0.25) is 0 Å². The molecule has 1 N–H and O–H groups in total. The lowest BCUT2D eigenvalue weighted by Crippen LogP contribution is -2.33. The fourth-order valence-electron chi connectivity index (χ4n) is 3.49. The fourth-order valence-corrected chi connectivity index (χ4v) is 3.49. The number of nitrogens with one attached hydrogen (secondary N) is 1. The highest BCUT2D eigenvalue weighted by atomic mass is 16.5. The molecule has 1 heterocycles. The standard InChI is InChI=1S/C16H29N3O/c1-5-8-17-10-13-7-6-12(2)9-14(13)16-15(20-4)11-18-19(16)3/h11-14,17H,5-10H2,1-4H3. The average Bonchev–Trinajstić information content (AvgIpc) is 2.81. The Bertz CT molecular complexity index is 416.